The molecule has 16 heavy (non-hydrogen) atoms. The number of halogens is 2. The minimum atomic E-state index is 0.681. The van der Waals surface area contributed by atoms with Crippen LogP contribution in [0.4, 0.5) is 0 Å². The average molecular weight is 318 g/mol. The van der Waals surface area contributed by atoms with Gasteiger partial charge in [0.15, 0.2) is 0 Å². The first-order chi connectivity index (χ1) is 7.81. The summed E-state index contributed by atoms with van der Waals surface area (Å²) in [5.74, 6) is 0.681. The van der Waals surface area contributed by atoms with Gasteiger partial charge >= 0.3 is 0 Å². The van der Waals surface area contributed by atoms with E-state index in [0.717, 1.165) is 33.7 Å². The van der Waals surface area contributed by atoms with Crippen LogP contribution in [-0.2, 0) is 6.42 Å². The molecule has 0 aliphatic carbocycles. The minimum absolute atomic E-state index is 0.681. The van der Waals surface area contributed by atoms with Crippen LogP contribution in [0.15, 0.2) is 28.2 Å². The summed E-state index contributed by atoms with van der Waals surface area (Å²) in [5.41, 5.74) is 2.00. The fourth-order valence-electron chi connectivity index (χ4n) is 1.32. The summed E-state index contributed by atoms with van der Waals surface area (Å²) >= 11 is 10.8. The van der Waals surface area contributed by atoms with Crippen molar-refractivity contribution in [3.63, 3.8) is 0 Å². The standard InChI is InChI=1S/C11H10BrClN2S/c12-9-4-2-6-14-10(9)11-15-8(7-16-11)3-1-5-13/h2,4,6-7H,1,3,5H2. The van der Waals surface area contributed by atoms with Gasteiger partial charge in [-0.2, -0.15) is 0 Å². The third-order valence-corrected chi connectivity index (χ3v) is 3.88. The highest BCUT2D eigenvalue weighted by Gasteiger charge is 2.08. The maximum absolute atomic E-state index is 5.66. The fourth-order valence-corrected chi connectivity index (χ4v) is 2.89. The SMILES string of the molecule is ClCCCc1csc(-c2ncccc2Br)n1. The topological polar surface area (TPSA) is 25.8 Å². The van der Waals surface area contributed by atoms with Crippen LogP contribution in [0.1, 0.15) is 12.1 Å². The molecule has 0 bridgehead atoms. The van der Waals surface area contributed by atoms with Crippen molar-refractivity contribution in [1.29, 1.82) is 0 Å². The number of thiazole rings is 1. The highest BCUT2D eigenvalue weighted by Crippen LogP contribution is 2.28. The maximum atomic E-state index is 5.66. The Morgan fingerprint density at radius 3 is 3.06 bits per heavy atom. The average Bonchev–Trinajstić information content (AvgIpc) is 2.75. The van der Waals surface area contributed by atoms with Crippen molar-refractivity contribution in [2.24, 2.45) is 0 Å². The second-order valence-corrected chi connectivity index (χ2v) is 5.36. The quantitative estimate of drug-likeness (QED) is 0.792. The number of aromatic nitrogens is 2. The molecule has 0 atom stereocenters. The van der Waals surface area contributed by atoms with Crippen molar-refractivity contribution >= 4 is 38.9 Å². The number of hydrogen-bond donors (Lipinski definition) is 0. The first-order valence-electron chi connectivity index (χ1n) is 4.92. The smallest absolute Gasteiger partial charge is 0.143 e. The zero-order valence-corrected chi connectivity index (χ0v) is 11.6. The van der Waals surface area contributed by atoms with Gasteiger partial charge in [-0.1, -0.05) is 0 Å². The van der Waals surface area contributed by atoms with Crippen LogP contribution in [0.5, 0.6) is 0 Å². The van der Waals surface area contributed by atoms with E-state index in [1.165, 1.54) is 0 Å². The zero-order chi connectivity index (χ0) is 11.4. The van der Waals surface area contributed by atoms with Crippen molar-refractivity contribution in [3.8, 4) is 10.7 Å². The van der Waals surface area contributed by atoms with Crippen LogP contribution in [0, 0.1) is 0 Å². The molecule has 0 unspecified atom stereocenters. The Morgan fingerprint density at radius 2 is 2.31 bits per heavy atom. The Hall–Kier alpha value is -0.450. The molecule has 0 aliphatic rings. The molecule has 0 N–H and O–H groups in total. The molecule has 0 spiro atoms. The number of hydrogen-bond acceptors (Lipinski definition) is 3. The molecule has 2 heterocycles. The molecule has 0 aromatic carbocycles. The fraction of sp³-hybridized carbons (Fsp3) is 0.273. The summed E-state index contributed by atoms with van der Waals surface area (Å²) in [6, 6.07) is 3.87. The molecule has 0 saturated heterocycles. The van der Waals surface area contributed by atoms with Gasteiger partial charge in [-0.3, -0.25) is 4.98 Å². The number of alkyl halides is 1. The van der Waals surface area contributed by atoms with E-state index in [2.05, 4.69) is 31.3 Å². The molecule has 0 aliphatic heterocycles. The second-order valence-electron chi connectivity index (χ2n) is 3.27. The number of rotatable bonds is 4. The van der Waals surface area contributed by atoms with Gasteiger partial charge in [-0.25, -0.2) is 4.98 Å². The summed E-state index contributed by atoms with van der Waals surface area (Å²) in [6.07, 6.45) is 3.68. The Labute approximate surface area is 112 Å². The molecule has 2 nitrogen and oxygen atoms in total. The van der Waals surface area contributed by atoms with E-state index >= 15 is 0 Å². The van der Waals surface area contributed by atoms with E-state index in [9.17, 15) is 0 Å². The minimum Gasteiger partial charge on any atom is -0.253 e. The van der Waals surface area contributed by atoms with Gasteiger partial charge in [0.05, 0.1) is 5.69 Å². The van der Waals surface area contributed by atoms with Crippen molar-refractivity contribution < 1.29 is 0 Å². The predicted molar refractivity (Wildman–Crippen MR) is 72.1 cm³/mol. The van der Waals surface area contributed by atoms with Crippen molar-refractivity contribution in [3.05, 3.63) is 33.9 Å². The summed E-state index contributed by atoms with van der Waals surface area (Å²) in [5, 5.41) is 3.03. The first kappa shape index (κ1) is 12.0. The molecular formula is C11H10BrClN2S. The normalized spacial score (nSPS) is 10.6. The van der Waals surface area contributed by atoms with Gasteiger partial charge in [0.2, 0.25) is 0 Å². The molecular weight excluding hydrogens is 308 g/mol. The largest absolute Gasteiger partial charge is 0.253 e. The van der Waals surface area contributed by atoms with E-state index in [4.69, 9.17) is 11.6 Å². The Kier molecular flexibility index (Phi) is 4.32. The van der Waals surface area contributed by atoms with Crippen LogP contribution in [0.25, 0.3) is 10.7 Å². The van der Waals surface area contributed by atoms with Gasteiger partial charge in [0, 0.05) is 21.9 Å². The predicted octanol–water partition coefficient (Wildman–Crippen LogP) is 4.14. The number of aryl methyl sites for hydroxylation is 1. The lowest BCUT2D eigenvalue weighted by Crippen LogP contribution is -1.88. The number of nitrogens with zero attached hydrogens (tertiary/aromatic N) is 2. The van der Waals surface area contributed by atoms with Gasteiger partial charge in [0.25, 0.3) is 0 Å². The summed E-state index contributed by atoms with van der Waals surface area (Å²) in [6.45, 7) is 0. The summed E-state index contributed by atoms with van der Waals surface area (Å²) < 4.78 is 0.980. The van der Waals surface area contributed by atoms with Gasteiger partial charge in [0.1, 0.15) is 10.7 Å². The van der Waals surface area contributed by atoms with E-state index in [1.54, 1.807) is 17.5 Å². The van der Waals surface area contributed by atoms with Crippen molar-refractivity contribution in [2.75, 3.05) is 5.88 Å². The third-order valence-electron chi connectivity index (χ3n) is 2.08. The van der Waals surface area contributed by atoms with E-state index in [1.807, 2.05) is 12.1 Å². The second kappa shape index (κ2) is 5.75. The molecule has 2 rings (SSSR count). The molecule has 84 valence electrons. The Morgan fingerprint density at radius 1 is 1.44 bits per heavy atom. The van der Waals surface area contributed by atoms with Gasteiger partial charge in [-0.15, -0.1) is 22.9 Å². The monoisotopic (exact) mass is 316 g/mol. The van der Waals surface area contributed by atoms with Crippen LogP contribution >= 0.6 is 38.9 Å². The first-order valence-corrected chi connectivity index (χ1v) is 7.13. The van der Waals surface area contributed by atoms with Crippen LogP contribution in [0.3, 0.4) is 0 Å². The molecule has 0 amide bonds. The lowest BCUT2D eigenvalue weighted by molar-refractivity contribution is 0.899. The van der Waals surface area contributed by atoms with E-state index in [0.29, 0.717) is 5.88 Å². The molecule has 5 heteroatoms. The molecule has 0 fully saturated rings. The van der Waals surface area contributed by atoms with Crippen LogP contribution < -0.4 is 0 Å². The summed E-state index contributed by atoms with van der Waals surface area (Å²) in [7, 11) is 0. The molecule has 0 radical (unpaired) electrons. The number of pyridine rings is 1. The van der Waals surface area contributed by atoms with Crippen molar-refractivity contribution in [1.82, 2.24) is 9.97 Å². The van der Waals surface area contributed by atoms with Crippen molar-refractivity contribution in [2.45, 2.75) is 12.8 Å². The highest BCUT2D eigenvalue weighted by molar-refractivity contribution is 9.10. The Balaban J connectivity index is 2.22. The van der Waals surface area contributed by atoms with Gasteiger partial charge < -0.3 is 0 Å². The molecule has 2 aromatic heterocycles. The lowest BCUT2D eigenvalue weighted by Gasteiger charge is -1.97. The van der Waals surface area contributed by atoms with E-state index < -0.39 is 0 Å². The zero-order valence-electron chi connectivity index (χ0n) is 8.49. The van der Waals surface area contributed by atoms with Crippen LogP contribution in [-0.4, -0.2) is 15.8 Å². The lowest BCUT2D eigenvalue weighted by atomic mass is 10.3. The van der Waals surface area contributed by atoms with Gasteiger partial charge in [-0.05, 0) is 40.9 Å². The Bertz CT molecular complexity index is 473. The molecule has 2 aromatic rings. The molecule has 0 saturated carbocycles. The highest BCUT2D eigenvalue weighted by atomic mass is 79.9. The maximum Gasteiger partial charge on any atom is 0.143 e. The third kappa shape index (κ3) is 2.81. The van der Waals surface area contributed by atoms with E-state index in [-0.39, 0.29) is 0 Å². The summed E-state index contributed by atoms with van der Waals surface area (Å²) in [4.78, 5) is 8.86. The van der Waals surface area contributed by atoms with Crippen LogP contribution in [0.2, 0.25) is 0 Å².